The number of ether oxygens (including phenoxy) is 3. The predicted octanol–water partition coefficient (Wildman–Crippen LogP) is 5.92. The zero-order chi connectivity index (χ0) is 31.7. The summed E-state index contributed by atoms with van der Waals surface area (Å²) in [5, 5.41) is 31.7. The van der Waals surface area contributed by atoms with Crippen LogP contribution in [0.25, 0.3) is 5.57 Å². The highest BCUT2D eigenvalue weighted by Crippen LogP contribution is 2.52. The molecule has 0 unspecified atom stereocenters. The summed E-state index contributed by atoms with van der Waals surface area (Å²) in [6.07, 6.45) is 6.38. The van der Waals surface area contributed by atoms with Gasteiger partial charge in [-0.3, -0.25) is 4.79 Å². The van der Waals surface area contributed by atoms with Crippen LogP contribution in [0.5, 0.6) is 0 Å². The van der Waals surface area contributed by atoms with Gasteiger partial charge in [0, 0.05) is 24.4 Å². The summed E-state index contributed by atoms with van der Waals surface area (Å²) < 4.78 is 17.0. The maximum atomic E-state index is 12.1. The molecular formula is C34H41N5O5. The number of alkyl carbamates (subject to hydrolysis) is 1. The summed E-state index contributed by atoms with van der Waals surface area (Å²) in [5.41, 5.74) is 1.59. The summed E-state index contributed by atoms with van der Waals surface area (Å²) >= 11 is 0. The summed E-state index contributed by atoms with van der Waals surface area (Å²) in [6.45, 7) is 7.87. The number of allylic oxidation sites excluding steroid dienone is 2. The molecule has 4 rings (SSSR count). The number of nitrogens with zero attached hydrogens (tertiary/aromatic N) is 4. The average Bonchev–Trinajstić information content (AvgIpc) is 3.35. The minimum atomic E-state index is -0.694. The smallest absolute Gasteiger partial charge is 0.407 e. The zero-order valence-electron chi connectivity index (χ0n) is 25.9. The molecule has 1 amide bonds. The molecular weight excluding hydrogens is 558 g/mol. The molecule has 3 aliphatic rings. The van der Waals surface area contributed by atoms with E-state index < -0.39 is 17.1 Å². The zero-order valence-corrected chi connectivity index (χ0v) is 25.9. The predicted molar refractivity (Wildman–Crippen MR) is 163 cm³/mol. The van der Waals surface area contributed by atoms with Gasteiger partial charge in [-0.2, -0.15) is 15.8 Å². The number of esters is 1. The number of rotatable bonds is 9. The van der Waals surface area contributed by atoms with Crippen molar-refractivity contribution in [3.63, 3.8) is 0 Å². The van der Waals surface area contributed by atoms with Crippen molar-refractivity contribution >= 4 is 23.3 Å². The van der Waals surface area contributed by atoms with Crippen molar-refractivity contribution in [2.45, 2.75) is 77.7 Å². The fourth-order valence-corrected chi connectivity index (χ4v) is 6.01. The van der Waals surface area contributed by atoms with E-state index in [4.69, 9.17) is 14.2 Å². The van der Waals surface area contributed by atoms with Crippen molar-refractivity contribution in [1.82, 2.24) is 5.32 Å². The number of anilines is 1. The van der Waals surface area contributed by atoms with Crippen LogP contribution in [-0.4, -0.2) is 50.5 Å². The second-order valence-corrected chi connectivity index (χ2v) is 12.3. The molecule has 1 saturated heterocycles. The summed E-state index contributed by atoms with van der Waals surface area (Å²) in [5.74, 6) is 0.0810. The second-order valence-electron chi connectivity index (χ2n) is 12.3. The molecule has 1 N–H and O–H groups in total. The van der Waals surface area contributed by atoms with Crippen LogP contribution in [0.3, 0.4) is 0 Å². The largest absolute Gasteiger partial charge is 0.479 e. The number of benzene rings is 1. The Morgan fingerprint density at radius 3 is 2.30 bits per heavy atom. The highest BCUT2D eigenvalue weighted by Gasteiger charge is 2.48. The van der Waals surface area contributed by atoms with Crippen LogP contribution in [-0.2, 0) is 19.0 Å². The van der Waals surface area contributed by atoms with Gasteiger partial charge >= 0.3 is 12.1 Å². The molecule has 0 bridgehead atoms. The standard InChI is InChI=1S/C34H41N5O5/c1-4-33(2,3)31(40)42-19-16-38-32(41)43-23-24-12-17-39(18-13-24)27-10-8-25(9-11-27)29-28(22-37)30(26(20-35)21-36)44-34(29)14-6-5-7-15-34/h8-11,24H,4-7,12-19,23H2,1-3H3,(H,38,41). The van der Waals surface area contributed by atoms with Gasteiger partial charge in [-0.15, -0.1) is 0 Å². The minimum Gasteiger partial charge on any atom is -0.479 e. The Hall–Kier alpha value is -4.49. The summed E-state index contributed by atoms with van der Waals surface area (Å²) in [7, 11) is 0. The van der Waals surface area contributed by atoms with Crippen LogP contribution in [0.2, 0.25) is 0 Å². The third-order valence-corrected chi connectivity index (χ3v) is 9.08. The van der Waals surface area contributed by atoms with E-state index in [1.165, 1.54) is 0 Å². The van der Waals surface area contributed by atoms with E-state index in [9.17, 15) is 25.4 Å². The van der Waals surface area contributed by atoms with Gasteiger partial charge in [0.1, 0.15) is 36.0 Å². The molecule has 10 heteroatoms. The van der Waals surface area contributed by atoms with Gasteiger partial charge in [-0.05, 0) is 82.4 Å². The first kappa shape index (κ1) is 32.4. The SMILES string of the molecule is CCC(C)(C)C(=O)OCCNC(=O)OCC1CCN(c2ccc(C3=C(C#N)C(=C(C#N)C#N)OC34CCCCC4)cc2)CC1. The van der Waals surface area contributed by atoms with Crippen molar-refractivity contribution in [2.24, 2.45) is 11.3 Å². The molecule has 232 valence electrons. The van der Waals surface area contributed by atoms with Crippen LogP contribution in [0.4, 0.5) is 10.5 Å². The lowest BCUT2D eigenvalue weighted by Crippen LogP contribution is -2.37. The van der Waals surface area contributed by atoms with Crippen molar-refractivity contribution < 1.29 is 23.8 Å². The molecule has 2 heterocycles. The minimum absolute atomic E-state index is 0.107. The first-order valence-corrected chi connectivity index (χ1v) is 15.5. The van der Waals surface area contributed by atoms with Gasteiger partial charge in [0.2, 0.25) is 0 Å². The Labute approximate surface area is 259 Å². The van der Waals surface area contributed by atoms with E-state index in [1.807, 2.05) is 57.2 Å². The molecule has 1 spiro atoms. The van der Waals surface area contributed by atoms with Crippen molar-refractivity contribution in [3.05, 3.63) is 46.7 Å². The number of nitriles is 3. The molecule has 1 saturated carbocycles. The lowest BCUT2D eigenvalue weighted by molar-refractivity contribution is -0.153. The van der Waals surface area contributed by atoms with Crippen LogP contribution >= 0.6 is 0 Å². The summed E-state index contributed by atoms with van der Waals surface area (Å²) in [4.78, 5) is 26.4. The number of hydrogen-bond acceptors (Lipinski definition) is 9. The normalized spacial score (nSPS) is 18.1. The number of nitrogens with one attached hydrogen (secondary N) is 1. The van der Waals surface area contributed by atoms with Crippen LogP contribution in [0.1, 0.15) is 77.7 Å². The van der Waals surface area contributed by atoms with E-state index in [1.54, 1.807) is 0 Å². The van der Waals surface area contributed by atoms with Gasteiger partial charge < -0.3 is 24.4 Å². The Bertz CT molecular complexity index is 1390. The molecule has 1 aromatic rings. The highest BCUT2D eigenvalue weighted by atomic mass is 16.6. The van der Waals surface area contributed by atoms with Crippen molar-refractivity contribution in [2.75, 3.05) is 37.7 Å². The van der Waals surface area contributed by atoms with Gasteiger partial charge in [-0.1, -0.05) is 25.5 Å². The molecule has 1 aliphatic carbocycles. The number of carbonyl (C=O) groups excluding carboxylic acids is 2. The third kappa shape index (κ3) is 7.17. The number of piperidine rings is 1. The molecule has 1 aromatic carbocycles. The second kappa shape index (κ2) is 14.3. The monoisotopic (exact) mass is 599 g/mol. The van der Waals surface area contributed by atoms with E-state index in [0.717, 1.165) is 74.9 Å². The molecule has 2 aliphatic heterocycles. The lowest BCUT2D eigenvalue weighted by Gasteiger charge is -2.36. The Morgan fingerprint density at radius 2 is 1.70 bits per heavy atom. The number of amides is 1. The third-order valence-electron chi connectivity index (χ3n) is 9.08. The molecule has 2 fully saturated rings. The van der Waals surface area contributed by atoms with E-state index >= 15 is 0 Å². The van der Waals surface area contributed by atoms with Gasteiger partial charge in [0.15, 0.2) is 11.3 Å². The molecule has 44 heavy (non-hydrogen) atoms. The summed E-state index contributed by atoms with van der Waals surface area (Å²) in [6, 6.07) is 14.1. The van der Waals surface area contributed by atoms with Crippen LogP contribution in [0.15, 0.2) is 41.2 Å². The van der Waals surface area contributed by atoms with Crippen LogP contribution < -0.4 is 10.2 Å². The van der Waals surface area contributed by atoms with Gasteiger partial charge in [0.25, 0.3) is 0 Å². The van der Waals surface area contributed by atoms with Crippen LogP contribution in [0, 0.1) is 45.3 Å². The first-order chi connectivity index (χ1) is 21.2. The topological polar surface area (TPSA) is 148 Å². The molecule has 10 nitrogen and oxygen atoms in total. The van der Waals surface area contributed by atoms with Crippen molar-refractivity contribution in [1.29, 1.82) is 15.8 Å². The maximum Gasteiger partial charge on any atom is 0.407 e. The average molecular weight is 600 g/mol. The fourth-order valence-electron chi connectivity index (χ4n) is 6.01. The first-order valence-electron chi connectivity index (χ1n) is 15.5. The van der Waals surface area contributed by atoms with Crippen molar-refractivity contribution in [3.8, 4) is 18.2 Å². The molecule has 0 atom stereocenters. The fraction of sp³-hybridized carbons (Fsp3) is 0.559. The Kier molecular flexibility index (Phi) is 10.6. The lowest BCUT2D eigenvalue weighted by atomic mass is 9.76. The highest BCUT2D eigenvalue weighted by molar-refractivity contribution is 5.85. The number of carbonyl (C=O) groups is 2. The van der Waals surface area contributed by atoms with E-state index in [2.05, 4.69) is 16.3 Å². The van der Waals surface area contributed by atoms with Gasteiger partial charge in [0.05, 0.1) is 18.6 Å². The molecule has 0 aromatic heterocycles. The van der Waals surface area contributed by atoms with E-state index in [0.29, 0.717) is 13.0 Å². The Balaban J connectivity index is 1.31. The maximum absolute atomic E-state index is 12.1. The van der Waals surface area contributed by atoms with Gasteiger partial charge in [-0.25, -0.2) is 4.79 Å². The van der Waals surface area contributed by atoms with E-state index in [-0.39, 0.29) is 41.9 Å². The Morgan fingerprint density at radius 1 is 1.05 bits per heavy atom. The number of hydrogen-bond donors (Lipinski definition) is 1. The quantitative estimate of drug-likeness (QED) is 0.207. The molecule has 0 radical (unpaired) electrons.